The largest absolute Gasteiger partial charge is 0.300 e. The van der Waals surface area contributed by atoms with E-state index in [1.807, 2.05) is 0 Å². The van der Waals surface area contributed by atoms with Gasteiger partial charge in [-0.3, -0.25) is 4.79 Å². The van der Waals surface area contributed by atoms with Gasteiger partial charge in [0.25, 0.3) is 0 Å². The summed E-state index contributed by atoms with van der Waals surface area (Å²) in [4.78, 5) is 14.9. The first-order valence-corrected chi connectivity index (χ1v) is 21.7. The second-order valence-electron chi connectivity index (χ2n) is 16.1. The minimum atomic E-state index is -1.12. The highest BCUT2D eigenvalue weighted by molar-refractivity contribution is 7.67. The minimum absolute atomic E-state index is 0.0338. The SMILES string of the molecule is Cc1cccc(C)c1-c1cccc(-c2c(C)cccc2C)c1P1C(c2c3ccccc3cc3ccccc23)CC(=O)CC1c1c2ccccc2cc2ccccc12. The van der Waals surface area contributed by atoms with Crippen LogP contribution in [0.3, 0.4) is 0 Å². The molecule has 1 saturated heterocycles. The molecule has 10 rings (SSSR count). The monoisotopic (exact) mass is 752 g/mol. The van der Waals surface area contributed by atoms with E-state index in [0.717, 1.165) is 0 Å². The summed E-state index contributed by atoms with van der Waals surface area (Å²) in [5.41, 5.74) is 12.9. The van der Waals surface area contributed by atoms with Gasteiger partial charge in [-0.25, -0.2) is 0 Å². The fraction of sp³-hybridized carbons (Fsp3) is 0.145. The Bertz CT molecular complexity index is 2710. The van der Waals surface area contributed by atoms with E-state index in [4.69, 9.17) is 0 Å². The Morgan fingerprint density at radius 1 is 0.404 bits per heavy atom. The molecule has 0 saturated carbocycles. The van der Waals surface area contributed by atoms with Gasteiger partial charge in [0, 0.05) is 24.2 Å². The van der Waals surface area contributed by atoms with Gasteiger partial charge in [-0.2, -0.15) is 0 Å². The van der Waals surface area contributed by atoms with Gasteiger partial charge in [-0.05, 0) is 144 Å². The average Bonchev–Trinajstić information content (AvgIpc) is 3.22. The van der Waals surface area contributed by atoms with Crippen LogP contribution in [0, 0.1) is 27.7 Å². The Labute approximate surface area is 336 Å². The van der Waals surface area contributed by atoms with Crippen LogP contribution in [0.2, 0.25) is 0 Å². The number of carbonyl (C=O) groups excluding carboxylic acids is 1. The number of hydrogen-bond donors (Lipinski definition) is 0. The topological polar surface area (TPSA) is 17.1 Å². The van der Waals surface area contributed by atoms with Crippen molar-refractivity contribution in [2.75, 3.05) is 0 Å². The van der Waals surface area contributed by atoms with Gasteiger partial charge in [-0.1, -0.05) is 160 Å². The number of carbonyl (C=O) groups is 1. The molecule has 276 valence electrons. The quantitative estimate of drug-likeness (QED) is 0.126. The van der Waals surface area contributed by atoms with E-state index in [9.17, 15) is 4.79 Å². The van der Waals surface area contributed by atoms with Crippen molar-refractivity contribution in [3.63, 3.8) is 0 Å². The molecule has 0 radical (unpaired) electrons. The van der Waals surface area contributed by atoms with E-state index in [0.29, 0.717) is 18.6 Å². The molecule has 0 bridgehead atoms. The summed E-state index contributed by atoms with van der Waals surface area (Å²) in [6, 6.07) is 60.7. The van der Waals surface area contributed by atoms with Crippen LogP contribution in [-0.4, -0.2) is 5.78 Å². The third-order valence-electron chi connectivity index (χ3n) is 12.6. The van der Waals surface area contributed by atoms with Gasteiger partial charge >= 0.3 is 0 Å². The van der Waals surface area contributed by atoms with Gasteiger partial charge < -0.3 is 0 Å². The van der Waals surface area contributed by atoms with E-state index in [1.165, 1.54) is 104 Å². The van der Waals surface area contributed by atoms with Gasteiger partial charge in [0.1, 0.15) is 5.78 Å². The predicted molar refractivity (Wildman–Crippen MR) is 245 cm³/mol. The maximum absolute atomic E-state index is 14.9. The molecule has 0 aromatic heterocycles. The smallest absolute Gasteiger partial charge is 0.134 e. The molecule has 9 aromatic carbocycles. The van der Waals surface area contributed by atoms with Crippen molar-refractivity contribution in [3.8, 4) is 22.3 Å². The minimum Gasteiger partial charge on any atom is -0.300 e. The third-order valence-corrected chi connectivity index (χ3v) is 15.8. The molecule has 2 heteroatoms. The Kier molecular flexibility index (Phi) is 8.88. The lowest BCUT2D eigenvalue weighted by Gasteiger charge is -2.43. The molecule has 0 N–H and O–H groups in total. The van der Waals surface area contributed by atoms with Crippen LogP contribution in [-0.2, 0) is 4.79 Å². The lowest BCUT2D eigenvalue weighted by atomic mass is 9.89. The molecular formula is C55H45OP. The van der Waals surface area contributed by atoms with Crippen molar-refractivity contribution in [3.05, 3.63) is 197 Å². The highest BCUT2D eigenvalue weighted by Crippen LogP contribution is 2.70. The number of benzene rings is 9. The number of rotatable bonds is 5. The van der Waals surface area contributed by atoms with Gasteiger partial charge in [0.2, 0.25) is 0 Å². The first kappa shape index (κ1) is 35.5. The van der Waals surface area contributed by atoms with Crippen LogP contribution < -0.4 is 5.30 Å². The molecule has 0 amide bonds. The van der Waals surface area contributed by atoms with E-state index >= 15 is 0 Å². The zero-order valence-electron chi connectivity index (χ0n) is 33.0. The molecule has 0 aliphatic carbocycles. The van der Waals surface area contributed by atoms with Crippen molar-refractivity contribution in [1.82, 2.24) is 0 Å². The first-order chi connectivity index (χ1) is 27.9. The summed E-state index contributed by atoms with van der Waals surface area (Å²) >= 11 is 0. The van der Waals surface area contributed by atoms with Crippen LogP contribution in [0.1, 0.15) is 57.5 Å². The number of fused-ring (bicyclic) bond motifs is 4. The molecule has 1 aliphatic heterocycles. The number of hydrogen-bond acceptors (Lipinski definition) is 1. The molecule has 1 nitrogen and oxygen atoms in total. The standard InChI is InChI=1S/C55H45OP/c1-34-16-13-17-35(2)51(34)47-28-15-29-48(52-36(3)18-14-19-37(52)4)55(47)57-49(53-43-24-9-5-20-38(43)30-39-21-6-10-25-44(39)53)32-42(56)33-50(57)54-45-26-11-7-22-40(45)31-41-23-8-12-27-46(41)54/h5-31,49-50H,32-33H2,1-4H3. The normalized spacial score (nSPS) is 17.2. The Balaban J connectivity index is 1.41. The highest BCUT2D eigenvalue weighted by atomic mass is 31.1. The summed E-state index contributed by atoms with van der Waals surface area (Å²) in [5, 5.41) is 11.3. The number of Topliss-reactive ketones (excluding diaryl/α,β-unsaturated/α-hetero) is 1. The lowest BCUT2D eigenvalue weighted by molar-refractivity contribution is -0.119. The predicted octanol–water partition coefficient (Wildman–Crippen LogP) is 14.8. The summed E-state index contributed by atoms with van der Waals surface area (Å²) < 4.78 is 0. The molecular weight excluding hydrogens is 708 g/mol. The Morgan fingerprint density at radius 2 is 0.719 bits per heavy atom. The zero-order valence-corrected chi connectivity index (χ0v) is 33.9. The van der Waals surface area contributed by atoms with Crippen molar-refractivity contribution in [2.24, 2.45) is 0 Å². The van der Waals surface area contributed by atoms with Crippen molar-refractivity contribution in [2.45, 2.75) is 51.9 Å². The van der Waals surface area contributed by atoms with Crippen LogP contribution in [0.25, 0.3) is 65.3 Å². The molecule has 1 fully saturated rings. The van der Waals surface area contributed by atoms with Gasteiger partial charge in [0.15, 0.2) is 0 Å². The van der Waals surface area contributed by atoms with Crippen molar-refractivity contribution < 1.29 is 4.79 Å². The maximum atomic E-state index is 14.9. The zero-order chi connectivity index (χ0) is 38.8. The average molecular weight is 753 g/mol. The van der Waals surface area contributed by atoms with E-state index in [-0.39, 0.29) is 11.3 Å². The molecule has 9 aromatic rings. The fourth-order valence-corrected chi connectivity index (χ4v) is 14.1. The second-order valence-corrected chi connectivity index (χ2v) is 18.6. The molecule has 0 spiro atoms. The molecule has 57 heavy (non-hydrogen) atoms. The Morgan fingerprint density at radius 3 is 1.07 bits per heavy atom. The highest BCUT2D eigenvalue weighted by Gasteiger charge is 2.44. The van der Waals surface area contributed by atoms with Crippen LogP contribution in [0.5, 0.6) is 0 Å². The maximum Gasteiger partial charge on any atom is 0.134 e. The Hall–Kier alpha value is -5.88. The second kappa shape index (κ2) is 14.3. The van der Waals surface area contributed by atoms with E-state index in [1.54, 1.807) is 0 Å². The van der Waals surface area contributed by atoms with Gasteiger partial charge in [0.05, 0.1) is 0 Å². The fourth-order valence-electron chi connectivity index (χ4n) is 10.2. The summed E-state index contributed by atoms with van der Waals surface area (Å²) in [5.74, 6) is 0.343. The van der Waals surface area contributed by atoms with Crippen molar-refractivity contribution in [1.29, 1.82) is 0 Å². The van der Waals surface area contributed by atoms with Crippen molar-refractivity contribution >= 4 is 62.1 Å². The van der Waals surface area contributed by atoms with Crippen LogP contribution in [0.15, 0.2) is 164 Å². The van der Waals surface area contributed by atoms with E-state index < -0.39 is 7.92 Å². The molecule has 2 atom stereocenters. The molecule has 1 aliphatic rings. The summed E-state index contributed by atoms with van der Waals surface area (Å²) in [6.45, 7) is 9.06. The number of aryl methyl sites for hydroxylation is 4. The van der Waals surface area contributed by atoms with Crippen LogP contribution >= 0.6 is 7.92 Å². The molecule has 2 unspecified atom stereocenters. The summed E-state index contributed by atoms with van der Waals surface area (Å²) in [6.07, 6.45) is 1.02. The summed E-state index contributed by atoms with van der Waals surface area (Å²) in [7, 11) is -1.12. The number of ketones is 1. The van der Waals surface area contributed by atoms with Gasteiger partial charge in [-0.15, -0.1) is 0 Å². The third kappa shape index (κ3) is 5.91. The van der Waals surface area contributed by atoms with Crippen LogP contribution in [0.4, 0.5) is 0 Å². The first-order valence-electron chi connectivity index (χ1n) is 20.2. The lowest BCUT2D eigenvalue weighted by Crippen LogP contribution is -2.26. The molecule has 1 heterocycles. The van der Waals surface area contributed by atoms with E-state index in [2.05, 4.69) is 191 Å².